The predicted molar refractivity (Wildman–Crippen MR) is 93.2 cm³/mol. The second-order valence-electron chi connectivity index (χ2n) is 5.50. The average Bonchev–Trinajstić information content (AvgIpc) is 3.07. The minimum Gasteiger partial charge on any atom is -0.480 e. The minimum atomic E-state index is -1.17. The van der Waals surface area contributed by atoms with Crippen LogP contribution in [0.4, 0.5) is 0 Å². The second-order valence-corrected chi connectivity index (χ2v) is 5.90. The van der Waals surface area contributed by atoms with Crippen LogP contribution in [0.25, 0.3) is 5.69 Å². The van der Waals surface area contributed by atoms with Crippen molar-refractivity contribution >= 4 is 29.4 Å². The van der Waals surface area contributed by atoms with Crippen LogP contribution in [0.5, 0.6) is 0 Å². The van der Waals surface area contributed by atoms with Crippen molar-refractivity contribution < 1.29 is 19.5 Å². The van der Waals surface area contributed by atoms with E-state index in [2.05, 4.69) is 15.6 Å². The molecule has 138 valence electrons. The number of benzene rings is 1. The van der Waals surface area contributed by atoms with Crippen molar-refractivity contribution in [1.29, 1.82) is 0 Å². The monoisotopic (exact) mass is 379 g/mol. The number of aliphatic carboxylic acids is 1. The third-order valence-electron chi connectivity index (χ3n) is 3.62. The largest absolute Gasteiger partial charge is 0.480 e. The zero-order valence-corrected chi connectivity index (χ0v) is 15.0. The first kappa shape index (κ1) is 19.4. The first-order chi connectivity index (χ1) is 12.3. The number of hydrogen-bond acceptors (Lipinski definition) is 5. The number of para-hydroxylation sites is 1. The molecule has 26 heavy (non-hydrogen) atoms. The summed E-state index contributed by atoms with van der Waals surface area (Å²) in [6.07, 6.45) is 1.38. The van der Waals surface area contributed by atoms with Crippen molar-refractivity contribution in [2.45, 2.75) is 19.9 Å². The number of rotatable bonds is 7. The van der Waals surface area contributed by atoms with Crippen LogP contribution < -0.4 is 5.32 Å². The van der Waals surface area contributed by atoms with Crippen LogP contribution in [0.2, 0.25) is 5.02 Å². The van der Waals surface area contributed by atoms with Gasteiger partial charge in [-0.05, 0) is 19.1 Å². The van der Waals surface area contributed by atoms with Crippen LogP contribution in [-0.2, 0) is 9.59 Å². The number of carboxylic acid groups (broad SMARTS) is 1. The maximum absolute atomic E-state index is 12.7. The molecule has 2 rings (SSSR count). The average molecular weight is 380 g/mol. The van der Waals surface area contributed by atoms with Crippen LogP contribution in [0.3, 0.4) is 0 Å². The highest BCUT2D eigenvalue weighted by atomic mass is 35.5. The molecule has 1 heterocycles. The van der Waals surface area contributed by atoms with Gasteiger partial charge in [0.2, 0.25) is 5.91 Å². The number of carboxylic acids is 1. The molecule has 1 unspecified atom stereocenters. The van der Waals surface area contributed by atoms with E-state index in [9.17, 15) is 19.5 Å². The summed E-state index contributed by atoms with van der Waals surface area (Å²) in [4.78, 5) is 36.1. The van der Waals surface area contributed by atoms with Crippen molar-refractivity contribution in [2.75, 3.05) is 13.1 Å². The zero-order chi connectivity index (χ0) is 19.3. The quantitative estimate of drug-likeness (QED) is 0.740. The summed E-state index contributed by atoms with van der Waals surface area (Å²) in [5.41, 5.74) is 0.512. The van der Waals surface area contributed by atoms with Gasteiger partial charge in [-0.25, -0.2) is 9.48 Å². The number of hydrogen-bond donors (Lipinski definition) is 2. The fourth-order valence-electron chi connectivity index (χ4n) is 2.22. The van der Waals surface area contributed by atoms with E-state index in [1.165, 1.54) is 24.7 Å². The number of nitrogens with zero attached hydrogens (tertiary/aromatic N) is 4. The lowest BCUT2D eigenvalue weighted by atomic mass is 10.2. The summed E-state index contributed by atoms with van der Waals surface area (Å²) in [6, 6.07) is 5.80. The molecular weight excluding hydrogens is 362 g/mol. The topological polar surface area (TPSA) is 117 Å². The van der Waals surface area contributed by atoms with Gasteiger partial charge in [-0.3, -0.25) is 9.59 Å². The number of amides is 2. The van der Waals surface area contributed by atoms with Gasteiger partial charge in [-0.2, -0.15) is 0 Å². The van der Waals surface area contributed by atoms with E-state index in [4.69, 9.17) is 11.6 Å². The maximum atomic E-state index is 12.7. The summed E-state index contributed by atoms with van der Waals surface area (Å²) < 4.78 is 1.34. The summed E-state index contributed by atoms with van der Waals surface area (Å²) >= 11 is 6.10. The number of nitrogens with one attached hydrogen (secondary N) is 1. The first-order valence-corrected chi connectivity index (χ1v) is 8.14. The second kappa shape index (κ2) is 8.43. The number of halogens is 1. The number of carbonyl (C=O) groups excluding carboxylic acids is 2. The fourth-order valence-corrected chi connectivity index (χ4v) is 2.44. The molecule has 0 saturated heterocycles. The molecule has 0 spiro atoms. The van der Waals surface area contributed by atoms with Gasteiger partial charge in [-0.1, -0.05) is 28.9 Å². The molecule has 0 aliphatic carbocycles. The molecule has 10 heteroatoms. The fraction of sp³-hybridized carbons (Fsp3) is 0.312. The van der Waals surface area contributed by atoms with Gasteiger partial charge in [-0.15, -0.1) is 5.10 Å². The predicted octanol–water partition coefficient (Wildman–Crippen LogP) is 0.972. The Morgan fingerprint density at radius 1 is 1.35 bits per heavy atom. The van der Waals surface area contributed by atoms with Crippen molar-refractivity contribution in [1.82, 2.24) is 25.2 Å². The lowest BCUT2D eigenvalue weighted by molar-refractivity contribution is -0.141. The molecular formula is C16H18ClN5O4. The van der Waals surface area contributed by atoms with Crippen molar-refractivity contribution in [2.24, 2.45) is 0 Å². The number of aromatic nitrogens is 3. The van der Waals surface area contributed by atoms with Crippen molar-refractivity contribution in [3.63, 3.8) is 0 Å². The molecule has 1 aromatic heterocycles. The minimum absolute atomic E-state index is 0.0187. The Hall–Kier alpha value is -2.94. The van der Waals surface area contributed by atoms with Gasteiger partial charge in [0.1, 0.15) is 6.04 Å². The molecule has 2 aromatic rings. The Balaban J connectivity index is 2.23. The van der Waals surface area contributed by atoms with Gasteiger partial charge < -0.3 is 15.3 Å². The van der Waals surface area contributed by atoms with E-state index in [-0.39, 0.29) is 24.7 Å². The molecule has 1 aromatic carbocycles. The van der Waals surface area contributed by atoms with Crippen LogP contribution >= 0.6 is 11.6 Å². The summed E-state index contributed by atoms with van der Waals surface area (Å²) in [5, 5.41) is 19.9. The lowest BCUT2D eigenvalue weighted by Crippen LogP contribution is -2.46. The van der Waals surface area contributed by atoms with E-state index in [1.807, 2.05) is 0 Å². The van der Waals surface area contributed by atoms with Crippen molar-refractivity contribution in [3.8, 4) is 5.69 Å². The van der Waals surface area contributed by atoms with Gasteiger partial charge in [0.25, 0.3) is 5.91 Å². The highest BCUT2D eigenvalue weighted by Gasteiger charge is 2.28. The van der Waals surface area contributed by atoms with Gasteiger partial charge >= 0.3 is 5.97 Å². The molecule has 0 radical (unpaired) electrons. The van der Waals surface area contributed by atoms with E-state index < -0.39 is 17.9 Å². The molecule has 0 saturated carbocycles. The number of carbonyl (C=O) groups is 3. The Bertz CT molecular complexity index is 822. The highest BCUT2D eigenvalue weighted by Crippen LogP contribution is 2.19. The van der Waals surface area contributed by atoms with Crippen LogP contribution in [0.1, 0.15) is 24.3 Å². The third kappa shape index (κ3) is 4.57. The van der Waals surface area contributed by atoms with Crippen LogP contribution in [-0.4, -0.2) is 61.9 Å². The van der Waals surface area contributed by atoms with E-state index in [0.717, 1.165) is 4.90 Å². The van der Waals surface area contributed by atoms with Gasteiger partial charge in [0.05, 0.1) is 16.9 Å². The first-order valence-electron chi connectivity index (χ1n) is 7.76. The summed E-state index contributed by atoms with van der Waals surface area (Å²) in [6.45, 7) is 2.86. The Labute approximate surface area is 154 Å². The SMILES string of the molecule is CC(=O)NCCN(C(=O)c1cn(-c2ccccc2Cl)nn1)C(C)C(=O)O. The Morgan fingerprint density at radius 3 is 2.65 bits per heavy atom. The maximum Gasteiger partial charge on any atom is 0.326 e. The molecule has 2 amide bonds. The normalized spacial score (nSPS) is 11.7. The molecule has 1 atom stereocenters. The smallest absolute Gasteiger partial charge is 0.326 e. The lowest BCUT2D eigenvalue weighted by Gasteiger charge is -2.25. The molecule has 9 nitrogen and oxygen atoms in total. The highest BCUT2D eigenvalue weighted by molar-refractivity contribution is 6.32. The molecule has 0 aliphatic heterocycles. The van der Waals surface area contributed by atoms with E-state index in [0.29, 0.717) is 10.7 Å². The zero-order valence-electron chi connectivity index (χ0n) is 14.2. The van der Waals surface area contributed by atoms with Crippen LogP contribution in [0.15, 0.2) is 30.5 Å². The molecule has 0 bridgehead atoms. The van der Waals surface area contributed by atoms with Crippen LogP contribution in [0, 0.1) is 0 Å². The Morgan fingerprint density at radius 2 is 2.04 bits per heavy atom. The third-order valence-corrected chi connectivity index (χ3v) is 3.94. The summed E-state index contributed by atoms with van der Waals surface area (Å²) in [7, 11) is 0. The van der Waals surface area contributed by atoms with Gasteiger partial charge in [0, 0.05) is 20.0 Å². The van der Waals surface area contributed by atoms with Gasteiger partial charge in [0.15, 0.2) is 5.69 Å². The standard InChI is InChI=1S/C16H18ClN5O4/c1-10(16(25)26)21(8-7-18-11(2)23)15(24)13-9-22(20-19-13)14-6-4-3-5-12(14)17/h3-6,9-10H,7-8H2,1-2H3,(H,18,23)(H,25,26). The molecule has 2 N–H and O–H groups in total. The summed E-state index contributed by atoms with van der Waals surface area (Å²) in [5.74, 6) is -2.05. The molecule has 0 fully saturated rings. The molecule has 0 aliphatic rings. The Kier molecular flexibility index (Phi) is 6.29. The van der Waals surface area contributed by atoms with E-state index >= 15 is 0 Å². The van der Waals surface area contributed by atoms with Crippen molar-refractivity contribution in [3.05, 3.63) is 41.2 Å². The van der Waals surface area contributed by atoms with E-state index in [1.54, 1.807) is 24.3 Å².